The third kappa shape index (κ3) is 6.09. The number of hydrogen-bond acceptors (Lipinski definition) is 2. The van der Waals surface area contributed by atoms with Crippen LogP contribution in [0.15, 0.2) is 218 Å². The van der Waals surface area contributed by atoms with Gasteiger partial charge in [0.1, 0.15) is 0 Å². The Balaban J connectivity index is 0.984. The lowest BCUT2D eigenvalue weighted by molar-refractivity contribution is 0.660. The van der Waals surface area contributed by atoms with Crippen LogP contribution in [0.4, 0.5) is 0 Å². The van der Waals surface area contributed by atoms with Crippen LogP contribution in [0.5, 0.6) is 0 Å². The second-order valence-corrected chi connectivity index (χ2v) is 17.3. The summed E-state index contributed by atoms with van der Waals surface area (Å²) in [6.07, 6.45) is 0. The molecule has 1 aliphatic carbocycles. The van der Waals surface area contributed by atoms with Gasteiger partial charge in [-0.05, 0) is 106 Å². The van der Waals surface area contributed by atoms with E-state index in [2.05, 4.69) is 226 Å². The number of nitrogens with zero attached hydrogens (tertiary/aromatic N) is 2. The Hall–Kier alpha value is -7.94. The van der Waals surface area contributed by atoms with Gasteiger partial charge in [0.05, 0.1) is 11.4 Å². The topological polar surface area (TPSA) is 25.8 Å². The van der Waals surface area contributed by atoms with Crippen LogP contribution in [0, 0.1) is 0 Å². The second kappa shape index (κ2) is 14.6. The molecule has 2 heteroatoms. The van der Waals surface area contributed by atoms with E-state index in [9.17, 15) is 0 Å². The van der Waals surface area contributed by atoms with Crippen molar-refractivity contribution in [3.63, 3.8) is 0 Å². The predicted octanol–water partition coefficient (Wildman–Crippen LogP) is 16.2. The molecule has 10 aromatic carbocycles. The summed E-state index contributed by atoms with van der Waals surface area (Å²) in [6, 6.07) is 79.1. The van der Waals surface area contributed by atoms with Crippen molar-refractivity contribution in [2.24, 2.45) is 0 Å². The Kier molecular flexibility index (Phi) is 8.55. The molecule has 296 valence electrons. The van der Waals surface area contributed by atoms with Gasteiger partial charge in [0.2, 0.25) is 0 Å². The number of fused-ring (bicyclic) bond motifs is 7. The average molecular weight is 803 g/mol. The van der Waals surface area contributed by atoms with Gasteiger partial charge in [-0.1, -0.05) is 214 Å². The molecule has 1 aromatic heterocycles. The minimum atomic E-state index is -0.0680. The summed E-state index contributed by atoms with van der Waals surface area (Å²) in [4.78, 5) is 10.4. The van der Waals surface area contributed by atoms with E-state index in [1.807, 2.05) is 6.07 Å². The Morgan fingerprint density at radius 1 is 0.317 bits per heavy atom. The first-order valence-corrected chi connectivity index (χ1v) is 21.8. The lowest BCUT2D eigenvalue weighted by Gasteiger charge is -2.22. The van der Waals surface area contributed by atoms with Gasteiger partial charge in [0.25, 0.3) is 0 Å². The van der Waals surface area contributed by atoms with Crippen molar-refractivity contribution in [2.75, 3.05) is 0 Å². The molecule has 0 saturated carbocycles. The Labute approximate surface area is 367 Å². The average Bonchev–Trinajstić information content (AvgIpc) is 3.58. The maximum Gasteiger partial charge on any atom is 0.160 e. The summed E-state index contributed by atoms with van der Waals surface area (Å²) in [5.74, 6) is 0.704. The molecule has 1 aliphatic rings. The molecule has 0 aliphatic heterocycles. The van der Waals surface area contributed by atoms with E-state index < -0.39 is 0 Å². The SMILES string of the molecule is CC1(C)c2ccccc2-c2ccc(-c3cccc(-c4cc(-c5ccc(-c6c7ccccc7c(-c7ccccc7)c7c6ccc6ccccc67)cc5)nc(-c5ccccc5)n4)c3)cc21. The summed E-state index contributed by atoms with van der Waals surface area (Å²) in [5.41, 5.74) is 17.5. The van der Waals surface area contributed by atoms with Crippen LogP contribution in [0.25, 0.3) is 111 Å². The molecule has 0 spiro atoms. The zero-order valence-electron chi connectivity index (χ0n) is 35.2. The zero-order chi connectivity index (χ0) is 42.1. The minimum Gasteiger partial charge on any atom is -0.228 e. The van der Waals surface area contributed by atoms with E-state index in [0.717, 1.165) is 28.1 Å². The van der Waals surface area contributed by atoms with Crippen LogP contribution in [-0.4, -0.2) is 9.97 Å². The van der Waals surface area contributed by atoms with E-state index in [4.69, 9.17) is 9.97 Å². The van der Waals surface area contributed by atoms with Crippen molar-refractivity contribution in [3.05, 3.63) is 230 Å². The first-order valence-electron chi connectivity index (χ1n) is 21.8. The Morgan fingerprint density at radius 2 is 0.857 bits per heavy atom. The van der Waals surface area contributed by atoms with E-state index in [-0.39, 0.29) is 5.41 Å². The minimum absolute atomic E-state index is 0.0680. The molecule has 0 fully saturated rings. The quantitative estimate of drug-likeness (QED) is 0.124. The lowest BCUT2D eigenvalue weighted by Crippen LogP contribution is -2.14. The van der Waals surface area contributed by atoms with Gasteiger partial charge in [-0.2, -0.15) is 0 Å². The summed E-state index contributed by atoms with van der Waals surface area (Å²) in [6.45, 7) is 4.68. The van der Waals surface area contributed by atoms with Crippen LogP contribution < -0.4 is 0 Å². The van der Waals surface area contributed by atoms with E-state index in [1.165, 1.54) is 88.0 Å². The first-order chi connectivity index (χ1) is 31.0. The highest BCUT2D eigenvalue weighted by atomic mass is 14.9. The molecule has 0 amide bonds. The van der Waals surface area contributed by atoms with Crippen LogP contribution in [0.2, 0.25) is 0 Å². The summed E-state index contributed by atoms with van der Waals surface area (Å²) in [7, 11) is 0. The van der Waals surface area contributed by atoms with Crippen molar-refractivity contribution in [2.45, 2.75) is 19.3 Å². The van der Waals surface area contributed by atoms with E-state index in [0.29, 0.717) is 5.82 Å². The van der Waals surface area contributed by atoms with Crippen LogP contribution in [0.1, 0.15) is 25.0 Å². The third-order valence-electron chi connectivity index (χ3n) is 13.3. The van der Waals surface area contributed by atoms with Crippen LogP contribution in [0.3, 0.4) is 0 Å². The number of benzene rings is 10. The van der Waals surface area contributed by atoms with Gasteiger partial charge in [-0.3, -0.25) is 0 Å². The van der Waals surface area contributed by atoms with Crippen LogP contribution >= 0.6 is 0 Å². The molecule has 0 N–H and O–H groups in total. The number of hydrogen-bond donors (Lipinski definition) is 0. The Morgan fingerprint density at radius 3 is 1.63 bits per heavy atom. The van der Waals surface area contributed by atoms with Gasteiger partial charge in [-0.25, -0.2) is 9.97 Å². The van der Waals surface area contributed by atoms with Gasteiger partial charge in [0, 0.05) is 22.1 Å². The molecule has 0 saturated heterocycles. The molecular weight excluding hydrogens is 761 g/mol. The molecular formula is C61H42N2. The van der Waals surface area contributed by atoms with Crippen LogP contribution in [-0.2, 0) is 5.41 Å². The van der Waals surface area contributed by atoms with E-state index in [1.54, 1.807) is 0 Å². The fraction of sp³-hybridized carbons (Fsp3) is 0.0492. The number of rotatable bonds is 6. The Bertz CT molecular complexity index is 3570. The van der Waals surface area contributed by atoms with E-state index >= 15 is 0 Å². The molecule has 1 heterocycles. The molecule has 0 unspecified atom stereocenters. The van der Waals surface area contributed by atoms with Gasteiger partial charge in [-0.15, -0.1) is 0 Å². The summed E-state index contributed by atoms with van der Waals surface area (Å²) >= 11 is 0. The largest absolute Gasteiger partial charge is 0.228 e. The molecule has 2 nitrogen and oxygen atoms in total. The van der Waals surface area contributed by atoms with Gasteiger partial charge < -0.3 is 0 Å². The first kappa shape index (κ1) is 36.9. The van der Waals surface area contributed by atoms with Crippen molar-refractivity contribution in [3.8, 4) is 78.4 Å². The van der Waals surface area contributed by atoms with Crippen molar-refractivity contribution in [1.82, 2.24) is 9.97 Å². The van der Waals surface area contributed by atoms with Crippen molar-refractivity contribution >= 4 is 32.3 Å². The maximum absolute atomic E-state index is 5.23. The monoisotopic (exact) mass is 802 g/mol. The molecule has 12 rings (SSSR count). The lowest BCUT2D eigenvalue weighted by atomic mass is 9.81. The molecule has 0 radical (unpaired) electrons. The zero-order valence-corrected chi connectivity index (χ0v) is 35.2. The van der Waals surface area contributed by atoms with Crippen molar-refractivity contribution < 1.29 is 0 Å². The summed E-state index contributed by atoms with van der Waals surface area (Å²) < 4.78 is 0. The highest BCUT2D eigenvalue weighted by molar-refractivity contribution is 6.27. The molecule has 0 atom stereocenters. The second-order valence-electron chi connectivity index (χ2n) is 17.3. The molecule has 63 heavy (non-hydrogen) atoms. The van der Waals surface area contributed by atoms with Crippen molar-refractivity contribution in [1.29, 1.82) is 0 Å². The molecule has 11 aromatic rings. The van der Waals surface area contributed by atoms with Gasteiger partial charge in [0.15, 0.2) is 5.82 Å². The maximum atomic E-state index is 5.23. The predicted molar refractivity (Wildman–Crippen MR) is 265 cm³/mol. The standard InChI is InChI=1S/C61H42N2/c1-61(2)53-27-14-13-24-48(53)49-34-33-45(37-54(49)61)44-21-15-22-46(36-44)56-38-55(62-60(63-56)43-19-7-4-8-20-43)40-28-30-42(31-29-40)57-50-25-11-12-26-51(50)58(41-17-5-3-6-18-41)59-47-23-10-9-16-39(47)32-35-52(57)59/h3-38H,1-2H3. The normalized spacial score (nSPS) is 12.7. The summed E-state index contributed by atoms with van der Waals surface area (Å²) in [5, 5.41) is 7.50. The third-order valence-corrected chi connectivity index (χ3v) is 13.3. The van der Waals surface area contributed by atoms with Gasteiger partial charge >= 0.3 is 0 Å². The highest BCUT2D eigenvalue weighted by Gasteiger charge is 2.35. The fourth-order valence-corrected chi connectivity index (χ4v) is 10.2. The smallest absolute Gasteiger partial charge is 0.160 e. The fourth-order valence-electron chi connectivity index (χ4n) is 10.2. The molecule has 0 bridgehead atoms. The highest BCUT2D eigenvalue weighted by Crippen LogP contribution is 2.50. The number of aromatic nitrogens is 2.